The fourth-order valence-corrected chi connectivity index (χ4v) is 2.28. The smallest absolute Gasteiger partial charge is 0.208 e. The first-order chi connectivity index (χ1) is 7.44. The van der Waals surface area contributed by atoms with Gasteiger partial charge in [-0.05, 0) is 18.5 Å². The standard InChI is InChI=1S/C8H12N4O2S2/c1-6-7(5-9)8(15-12-6)10-3-4-11-16(2,13)14/h10-11H,3-4H2,1-2H3. The van der Waals surface area contributed by atoms with Crippen LogP contribution in [0.1, 0.15) is 11.3 Å². The number of nitrogens with one attached hydrogen (secondary N) is 2. The van der Waals surface area contributed by atoms with Gasteiger partial charge in [-0.15, -0.1) is 0 Å². The molecular weight excluding hydrogens is 248 g/mol. The number of aryl methyl sites for hydroxylation is 1. The molecule has 0 amide bonds. The maximum atomic E-state index is 10.8. The second-order valence-electron chi connectivity index (χ2n) is 3.18. The number of rotatable bonds is 5. The van der Waals surface area contributed by atoms with Gasteiger partial charge in [0, 0.05) is 13.1 Å². The number of aromatic nitrogens is 1. The molecule has 1 aromatic heterocycles. The van der Waals surface area contributed by atoms with Crippen LogP contribution in [0.5, 0.6) is 0 Å². The van der Waals surface area contributed by atoms with Crippen molar-refractivity contribution in [2.75, 3.05) is 24.7 Å². The molecule has 0 atom stereocenters. The van der Waals surface area contributed by atoms with Gasteiger partial charge in [0.25, 0.3) is 0 Å². The highest BCUT2D eigenvalue weighted by molar-refractivity contribution is 7.88. The van der Waals surface area contributed by atoms with E-state index < -0.39 is 10.0 Å². The Bertz CT molecular complexity index is 501. The summed E-state index contributed by atoms with van der Waals surface area (Å²) in [6.07, 6.45) is 1.10. The van der Waals surface area contributed by atoms with E-state index in [1.807, 2.05) is 6.07 Å². The van der Waals surface area contributed by atoms with Gasteiger partial charge in [-0.1, -0.05) is 0 Å². The highest BCUT2D eigenvalue weighted by Crippen LogP contribution is 2.22. The molecule has 16 heavy (non-hydrogen) atoms. The van der Waals surface area contributed by atoms with Crippen LogP contribution in [0.4, 0.5) is 5.00 Å². The molecule has 0 aromatic carbocycles. The van der Waals surface area contributed by atoms with Crippen LogP contribution in [0, 0.1) is 18.3 Å². The molecule has 0 aliphatic rings. The predicted octanol–water partition coefficient (Wildman–Crippen LogP) is 0.284. The van der Waals surface area contributed by atoms with E-state index in [9.17, 15) is 8.42 Å². The fraction of sp³-hybridized carbons (Fsp3) is 0.500. The average Bonchev–Trinajstić information content (AvgIpc) is 2.52. The molecule has 1 aromatic rings. The lowest BCUT2D eigenvalue weighted by atomic mass is 10.3. The van der Waals surface area contributed by atoms with Crippen LogP contribution in [-0.4, -0.2) is 32.1 Å². The monoisotopic (exact) mass is 260 g/mol. The first-order valence-electron chi connectivity index (χ1n) is 4.49. The quantitative estimate of drug-likeness (QED) is 0.742. The molecule has 1 heterocycles. The minimum Gasteiger partial charge on any atom is -0.373 e. The first-order valence-corrected chi connectivity index (χ1v) is 7.15. The molecule has 0 saturated carbocycles. The number of sulfonamides is 1. The molecule has 0 aliphatic heterocycles. The van der Waals surface area contributed by atoms with Crippen LogP contribution in [0.25, 0.3) is 0 Å². The van der Waals surface area contributed by atoms with E-state index in [-0.39, 0.29) is 6.54 Å². The molecule has 6 nitrogen and oxygen atoms in total. The van der Waals surface area contributed by atoms with Crippen LogP contribution in [0.2, 0.25) is 0 Å². The largest absolute Gasteiger partial charge is 0.373 e. The lowest BCUT2D eigenvalue weighted by Gasteiger charge is -2.04. The molecule has 0 bridgehead atoms. The number of hydrogen-bond donors (Lipinski definition) is 2. The minimum atomic E-state index is -3.16. The van der Waals surface area contributed by atoms with Gasteiger partial charge in [0.1, 0.15) is 16.6 Å². The molecule has 0 radical (unpaired) electrons. The SMILES string of the molecule is Cc1nsc(NCCNS(C)(=O)=O)c1C#N. The van der Waals surface area contributed by atoms with E-state index in [1.54, 1.807) is 6.92 Å². The molecule has 88 valence electrons. The molecular formula is C8H12N4O2S2. The topological polar surface area (TPSA) is 94.9 Å². The van der Waals surface area contributed by atoms with Crippen molar-refractivity contribution in [3.63, 3.8) is 0 Å². The molecule has 0 unspecified atom stereocenters. The van der Waals surface area contributed by atoms with Crippen molar-refractivity contribution >= 4 is 26.6 Å². The van der Waals surface area contributed by atoms with Gasteiger partial charge in [-0.3, -0.25) is 0 Å². The van der Waals surface area contributed by atoms with Gasteiger partial charge >= 0.3 is 0 Å². The van der Waals surface area contributed by atoms with Crippen molar-refractivity contribution in [2.24, 2.45) is 0 Å². The van der Waals surface area contributed by atoms with Crippen molar-refractivity contribution in [2.45, 2.75) is 6.92 Å². The summed E-state index contributed by atoms with van der Waals surface area (Å²) < 4.78 is 27.9. The predicted molar refractivity (Wildman–Crippen MR) is 62.9 cm³/mol. The zero-order chi connectivity index (χ0) is 12.2. The summed E-state index contributed by atoms with van der Waals surface area (Å²) in [6.45, 7) is 2.46. The van der Waals surface area contributed by atoms with Crippen LogP contribution in [0.15, 0.2) is 0 Å². The van der Waals surface area contributed by atoms with Crippen molar-refractivity contribution < 1.29 is 8.42 Å². The summed E-state index contributed by atoms with van der Waals surface area (Å²) in [5, 5.41) is 12.5. The summed E-state index contributed by atoms with van der Waals surface area (Å²) in [5.74, 6) is 0. The minimum absolute atomic E-state index is 0.278. The summed E-state index contributed by atoms with van der Waals surface area (Å²) in [6, 6.07) is 2.05. The Morgan fingerprint density at radius 3 is 2.75 bits per heavy atom. The Kier molecular flexibility index (Phi) is 4.23. The van der Waals surface area contributed by atoms with Crippen molar-refractivity contribution in [1.82, 2.24) is 9.10 Å². The zero-order valence-electron chi connectivity index (χ0n) is 8.94. The summed E-state index contributed by atoms with van der Waals surface area (Å²) in [4.78, 5) is 0. The van der Waals surface area contributed by atoms with E-state index in [0.717, 1.165) is 6.26 Å². The lowest BCUT2D eigenvalue weighted by Crippen LogP contribution is -2.27. The Balaban J connectivity index is 2.47. The van der Waals surface area contributed by atoms with Crippen LogP contribution < -0.4 is 10.0 Å². The van der Waals surface area contributed by atoms with Crippen molar-refractivity contribution in [1.29, 1.82) is 5.26 Å². The number of anilines is 1. The molecule has 0 saturated heterocycles. The molecule has 2 N–H and O–H groups in total. The number of nitriles is 1. The van der Waals surface area contributed by atoms with E-state index >= 15 is 0 Å². The fourth-order valence-electron chi connectivity index (χ4n) is 1.03. The van der Waals surface area contributed by atoms with E-state index in [2.05, 4.69) is 14.4 Å². The summed E-state index contributed by atoms with van der Waals surface area (Å²) in [5.41, 5.74) is 1.20. The van der Waals surface area contributed by atoms with Crippen LogP contribution in [0.3, 0.4) is 0 Å². The highest BCUT2D eigenvalue weighted by atomic mass is 32.2. The maximum Gasteiger partial charge on any atom is 0.208 e. The van der Waals surface area contributed by atoms with Gasteiger partial charge < -0.3 is 5.32 Å². The lowest BCUT2D eigenvalue weighted by molar-refractivity contribution is 0.589. The van der Waals surface area contributed by atoms with Crippen LogP contribution >= 0.6 is 11.5 Å². The molecule has 0 fully saturated rings. The van der Waals surface area contributed by atoms with Gasteiger partial charge in [0.2, 0.25) is 10.0 Å². The van der Waals surface area contributed by atoms with E-state index in [0.29, 0.717) is 22.8 Å². The second-order valence-corrected chi connectivity index (χ2v) is 5.78. The number of hydrogen-bond acceptors (Lipinski definition) is 6. The van der Waals surface area contributed by atoms with Gasteiger partial charge in [-0.2, -0.15) is 9.64 Å². The van der Waals surface area contributed by atoms with E-state index in [1.165, 1.54) is 11.5 Å². The third-order valence-electron chi connectivity index (χ3n) is 1.75. The third-order valence-corrected chi connectivity index (χ3v) is 3.37. The Hall–Kier alpha value is -1.17. The van der Waals surface area contributed by atoms with E-state index in [4.69, 9.17) is 5.26 Å². The average molecular weight is 260 g/mol. The third kappa shape index (κ3) is 3.77. The molecule has 8 heteroatoms. The van der Waals surface area contributed by atoms with Crippen molar-refractivity contribution in [3.05, 3.63) is 11.3 Å². The first kappa shape index (κ1) is 12.9. The second kappa shape index (κ2) is 5.25. The summed E-state index contributed by atoms with van der Waals surface area (Å²) >= 11 is 1.20. The van der Waals surface area contributed by atoms with Gasteiger partial charge in [0.05, 0.1) is 11.9 Å². The normalized spacial score (nSPS) is 11.1. The van der Waals surface area contributed by atoms with Gasteiger partial charge in [-0.25, -0.2) is 13.1 Å². The Morgan fingerprint density at radius 1 is 1.50 bits per heavy atom. The molecule has 0 spiro atoms. The maximum absolute atomic E-state index is 10.8. The summed E-state index contributed by atoms with van der Waals surface area (Å²) in [7, 11) is -3.16. The molecule has 1 rings (SSSR count). The van der Waals surface area contributed by atoms with Crippen LogP contribution in [-0.2, 0) is 10.0 Å². The molecule has 0 aliphatic carbocycles. The van der Waals surface area contributed by atoms with Crippen molar-refractivity contribution in [3.8, 4) is 6.07 Å². The van der Waals surface area contributed by atoms with Gasteiger partial charge in [0.15, 0.2) is 0 Å². The zero-order valence-corrected chi connectivity index (χ0v) is 10.6. The highest BCUT2D eigenvalue weighted by Gasteiger charge is 2.09. The Morgan fingerprint density at radius 2 is 2.19 bits per heavy atom. The number of nitrogens with zero attached hydrogens (tertiary/aromatic N) is 2. The Labute approximate surface area is 98.5 Å².